The van der Waals surface area contributed by atoms with E-state index in [0.29, 0.717) is 12.2 Å². The van der Waals surface area contributed by atoms with Crippen LogP contribution in [0.5, 0.6) is 5.75 Å². The molecular weight excluding hydrogens is 300 g/mol. The van der Waals surface area contributed by atoms with E-state index < -0.39 is 20.5 Å². The van der Waals surface area contributed by atoms with Gasteiger partial charge in [-0.3, -0.25) is 0 Å². The van der Waals surface area contributed by atoms with E-state index in [1.54, 1.807) is 18.2 Å². The van der Waals surface area contributed by atoms with Crippen molar-refractivity contribution >= 4 is 15.5 Å². The first-order chi connectivity index (χ1) is 9.89. The zero-order chi connectivity index (χ0) is 15.5. The number of rotatable bonds is 5. The minimum Gasteiger partial charge on any atom is -0.508 e. The van der Waals surface area contributed by atoms with E-state index in [-0.39, 0.29) is 5.75 Å². The first-order valence-corrected chi connectivity index (χ1v) is 7.58. The summed E-state index contributed by atoms with van der Waals surface area (Å²) >= 11 is 0. The average Bonchev–Trinajstić information content (AvgIpc) is 2.45. The standard InChI is InChI=1S/C14H13F2NO3S/c15-14(16)21(19,20)13-6-4-11(5-7-13)17-9-10-2-1-3-12(18)8-10/h1-8,14,17-18H,9H2. The second-order valence-corrected chi connectivity index (χ2v) is 6.27. The van der Waals surface area contributed by atoms with Gasteiger partial charge in [0.2, 0.25) is 9.84 Å². The van der Waals surface area contributed by atoms with E-state index in [2.05, 4.69) is 5.32 Å². The highest BCUT2D eigenvalue weighted by Gasteiger charge is 2.26. The number of aromatic hydroxyl groups is 1. The Kier molecular flexibility index (Phi) is 4.42. The van der Waals surface area contributed by atoms with Crippen molar-refractivity contribution in [3.63, 3.8) is 0 Å². The van der Waals surface area contributed by atoms with Crippen LogP contribution in [0.4, 0.5) is 14.5 Å². The SMILES string of the molecule is O=S(=O)(c1ccc(NCc2cccc(O)c2)cc1)C(F)F. The van der Waals surface area contributed by atoms with Gasteiger partial charge >= 0.3 is 5.76 Å². The fourth-order valence-corrected chi connectivity index (χ4v) is 2.46. The Morgan fingerprint density at radius 2 is 1.76 bits per heavy atom. The second-order valence-electron chi connectivity index (χ2n) is 4.35. The number of hydrogen-bond donors (Lipinski definition) is 2. The van der Waals surface area contributed by atoms with Crippen LogP contribution >= 0.6 is 0 Å². The van der Waals surface area contributed by atoms with Crippen molar-refractivity contribution in [3.8, 4) is 5.75 Å². The molecule has 0 saturated heterocycles. The fraction of sp³-hybridized carbons (Fsp3) is 0.143. The predicted octanol–water partition coefficient (Wildman–Crippen LogP) is 3.00. The molecule has 0 unspecified atom stereocenters. The van der Waals surface area contributed by atoms with Crippen molar-refractivity contribution < 1.29 is 22.3 Å². The van der Waals surface area contributed by atoms with Gasteiger partial charge in [0.25, 0.3) is 0 Å². The van der Waals surface area contributed by atoms with Gasteiger partial charge in [0.15, 0.2) is 0 Å². The molecule has 112 valence electrons. The minimum atomic E-state index is -4.56. The van der Waals surface area contributed by atoms with Crippen LogP contribution < -0.4 is 5.32 Å². The van der Waals surface area contributed by atoms with Crippen molar-refractivity contribution in [1.82, 2.24) is 0 Å². The normalized spacial score (nSPS) is 11.6. The number of phenols is 1. The summed E-state index contributed by atoms with van der Waals surface area (Å²) < 4.78 is 47.3. The van der Waals surface area contributed by atoms with Crippen LogP contribution in [-0.4, -0.2) is 19.3 Å². The third kappa shape index (κ3) is 3.69. The van der Waals surface area contributed by atoms with Gasteiger partial charge in [-0.1, -0.05) is 12.1 Å². The van der Waals surface area contributed by atoms with Gasteiger partial charge in [0.1, 0.15) is 5.75 Å². The Balaban J connectivity index is 2.07. The van der Waals surface area contributed by atoms with Gasteiger partial charge < -0.3 is 10.4 Å². The molecule has 0 radical (unpaired) electrons. The van der Waals surface area contributed by atoms with Crippen LogP contribution in [0.25, 0.3) is 0 Å². The quantitative estimate of drug-likeness (QED) is 0.890. The molecule has 0 heterocycles. The molecule has 21 heavy (non-hydrogen) atoms. The zero-order valence-electron chi connectivity index (χ0n) is 10.8. The van der Waals surface area contributed by atoms with Crippen LogP contribution in [-0.2, 0) is 16.4 Å². The summed E-state index contributed by atoms with van der Waals surface area (Å²) in [6.45, 7) is 0.412. The van der Waals surface area contributed by atoms with E-state index in [9.17, 15) is 22.3 Å². The maximum atomic E-state index is 12.4. The smallest absolute Gasteiger partial charge is 0.341 e. The fourth-order valence-electron chi connectivity index (χ4n) is 1.74. The highest BCUT2D eigenvalue weighted by molar-refractivity contribution is 7.91. The van der Waals surface area contributed by atoms with Crippen molar-refractivity contribution in [2.45, 2.75) is 17.2 Å². The summed E-state index contributed by atoms with van der Waals surface area (Å²) in [7, 11) is -4.56. The Hall–Kier alpha value is -2.15. The van der Waals surface area contributed by atoms with Crippen LogP contribution in [0.3, 0.4) is 0 Å². The second kappa shape index (κ2) is 6.09. The molecule has 4 nitrogen and oxygen atoms in total. The molecule has 2 N–H and O–H groups in total. The molecule has 0 atom stereocenters. The van der Waals surface area contributed by atoms with Crippen molar-refractivity contribution in [1.29, 1.82) is 0 Å². The Bertz CT molecular complexity index is 715. The largest absolute Gasteiger partial charge is 0.508 e. The molecule has 7 heteroatoms. The topological polar surface area (TPSA) is 66.4 Å². The molecule has 2 aromatic carbocycles. The number of halogens is 2. The average molecular weight is 313 g/mol. The lowest BCUT2D eigenvalue weighted by atomic mass is 10.2. The van der Waals surface area contributed by atoms with Gasteiger partial charge in [-0.05, 0) is 42.0 Å². The molecule has 2 aromatic rings. The number of benzene rings is 2. The summed E-state index contributed by atoms with van der Waals surface area (Å²) in [6, 6.07) is 11.7. The lowest BCUT2D eigenvalue weighted by Gasteiger charge is -2.08. The van der Waals surface area contributed by atoms with E-state index >= 15 is 0 Å². The molecule has 0 bridgehead atoms. The molecule has 2 rings (SSSR count). The molecule has 0 aliphatic carbocycles. The summed E-state index contributed by atoms with van der Waals surface area (Å²) in [6.07, 6.45) is 0. The number of anilines is 1. The number of alkyl halides is 2. The highest BCUT2D eigenvalue weighted by Crippen LogP contribution is 2.20. The molecule has 0 saturated carbocycles. The monoisotopic (exact) mass is 313 g/mol. The van der Waals surface area contributed by atoms with Gasteiger partial charge in [-0.2, -0.15) is 8.78 Å². The predicted molar refractivity (Wildman–Crippen MR) is 75.1 cm³/mol. The molecule has 0 spiro atoms. The summed E-state index contributed by atoms with van der Waals surface area (Å²) in [5.74, 6) is -3.28. The number of sulfone groups is 1. The van der Waals surface area contributed by atoms with Gasteiger partial charge in [-0.15, -0.1) is 0 Å². The maximum Gasteiger partial charge on any atom is 0.341 e. The Morgan fingerprint density at radius 1 is 1.10 bits per heavy atom. The van der Waals surface area contributed by atoms with Crippen molar-refractivity contribution in [3.05, 3.63) is 54.1 Å². The van der Waals surface area contributed by atoms with Gasteiger partial charge in [0, 0.05) is 12.2 Å². The molecule has 0 fully saturated rings. The van der Waals surface area contributed by atoms with Crippen LogP contribution in [0.1, 0.15) is 5.56 Å². The maximum absolute atomic E-state index is 12.4. The highest BCUT2D eigenvalue weighted by atomic mass is 32.2. The number of hydrogen-bond acceptors (Lipinski definition) is 4. The lowest BCUT2D eigenvalue weighted by Crippen LogP contribution is -2.11. The van der Waals surface area contributed by atoms with E-state index in [1.807, 2.05) is 6.07 Å². The number of nitrogens with one attached hydrogen (secondary N) is 1. The van der Waals surface area contributed by atoms with Crippen LogP contribution in [0, 0.1) is 0 Å². The first-order valence-electron chi connectivity index (χ1n) is 6.03. The molecule has 0 aliphatic rings. The zero-order valence-corrected chi connectivity index (χ0v) is 11.6. The Morgan fingerprint density at radius 3 is 2.33 bits per heavy atom. The van der Waals surface area contributed by atoms with Gasteiger partial charge in [-0.25, -0.2) is 8.42 Å². The molecular formula is C14H13F2NO3S. The summed E-state index contributed by atoms with van der Waals surface area (Å²) in [4.78, 5) is -0.416. The Labute approximate surface area is 121 Å². The van der Waals surface area contributed by atoms with E-state index in [1.165, 1.54) is 12.1 Å². The lowest BCUT2D eigenvalue weighted by molar-refractivity contribution is 0.234. The van der Waals surface area contributed by atoms with E-state index in [4.69, 9.17) is 0 Å². The van der Waals surface area contributed by atoms with Crippen molar-refractivity contribution in [2.24, 2.45) is 0 Å². The third-order valence-electron chi connectivity index (χ3n) is 2.82. The third-order valence-corrected chi connectivity index (χ3v) is 4.22. The van der Waals surface area contributed by atoms with Gasteiger partial charge in [0.05, 0.1) is 4.90 Å². The molecule has 0 aliphatic heterocycles. The minimum absolute atomic E-state index is 0.146. The van der Waals surface area contributed by atoms with E-state index in [0.717, 1.165) is 17.7 Å². The first kappa shape index (κ1) is 15.2. The van der Waals surface area contributed by atoms with Crippen molar-refractivity contribution in [2.75, 3.05) is 5.32 Å². The molecule has 0 aromatic heterocycles. The van der Waals surface area contributed by atoms with Crippen LogP contribution in [0.2, 0.25) is 0 Å². The number of phenolic OH excluding ortho intramolecular Hbond substituents is 1. The van der Waals surface area contributed by atoms with Crippen LogP contribution in [0.15, 0.2) is 53.4 Å². The summed E-state index contributed by atoms with van der Waals surface area (Å²) in [5.41, 5.74) is 1.42. The summed E-state index contributed by atoms with van der Waals surface area (Å²) in [5, 5.41) is 12.3. The molecule has 0 amide bonds.